The van der Waals surface area contributed by atoms with E-state index in [0.717, 1.165) is 31.6 Å². The Balaban J connectivity index is 2.15. The summed E-state index contributed by atoms with van der Waals surface area (Å²) in [4.78, 5) is 22.0. The Kier molecular flexibility index (Phi) is 4.98. The third kappa shape index (κ3) is 3.43. The standard InChI is InChI=1S/C15H23N3O3/c1-3-8-21-13-9-12(16-11-17-13)18-7-5-6-15(4-2,10-18)14(19)20/h9,11H,3-8,10H2,1-2H3,(H,19,20). The molecule has 1 N–H and O–H groups in total. The first-order chi connectivity index (χ1) is 10.1. The Hall–Kier alpha value is -1.85. The molecule has 1 unspecified atom stereocenters. The predicted molar refractivity (Wildman–Crippen MR) is 79.6 cm³/mol. The van der Waals surface area contributed by atoms with E-state index in [1.807, 2.05) is 18.7 Å². The molecular formula is C15H23N3O3. The maximum atomic E-state index is 11.6. The smallest absolute Gasteiger partial charge is 0.311 e. The molecule has 1 atom stereocenters. The van der Waals surface area contributed by atoms with E-state index in [9.17, 15) is 9.90 Å². The fourth-order valence-electron chi connectivity index (χ4n) is 2.73. The van der Waals surface area contributed by atoms with Crippen molar-refractivity contribution in [1.82, 2.24) is 9.97 Å². The van der Waals surface area contributed by atoms with Gasteiger partial charge in [-0.3, -0.25) is 4.79 Å². The van der Waals surface area contributed by atoms with Crippen LogP contribution in [0.5, 0.6) is 5.88 Å². The van der Waals surface area contributed by atoms with E-state index in [1.54, 1.807) is 6.07 Å². The lowest BCUT2D eigenvalue weighted by Gasteiger charge is -2.39. The van der Waals surface area contributed by atoms with Crippen LogP contribution in [0.4, 0.5) is 5.82 Å². The number of aromatic nitrogens is 2. The number of aliphatic carboxylic acids is 1. The molecule has 21 heavy (non-hydrogen) atoms. The van der Waals surface area contributed by atoms with Crippen molar-refractivity contribution in [2.24, 2.45) is 5.41 Å². The van der Waals surface area contributed by atoms with Crippen molar-refractivity contribution in [3.05, 3.63) is 12.4 Å². The largest absolute Gasteiger partial charge is 0.481 e. The summed E-state index contributed by atoms with van der Waals surface area (Å²) in [5.74, 6) is 0.575. The van der Waals surface area contributed by atoms with Gasteiger partial charge in [-0.2, -0.15) is 0 Å². The third-order valence-electron chi connectivity index (χ3n) is 4.11. The van der Waals surface area contributed by atoms with Crippen molar-refractivity contribution in [3.63, 3.8) is 0 Å². The van der Waals surface area contributed by atoms with Gasteiger partial charge in [0.25, 0.3) is 0 Å². The highest BCUT2D eigenvalue weighted by Gasteiger charge is 2.41. The molecule has 116 valence electrons. The van der Waals surface area contributed by atoms with Crippen molar-refractivity contribution >= 4 is 11.8 Å². The van der Waals surface area contributed by atoms with E-state index in [4.69, 9.17) is 4.74 Å². The molecule has 0 radical (unpaired) electrons. The quantitative estimate of drug-likeness (QED) is 0.867. The van der Waals surface area contributed by atoms with Crippen LogP contribution in [-0.2, 0) is 4.79 Å². The Morgan fingerprint density at radius 2 is 2.29 bits per heavy atom. The van der Waals surface area contributed by atoms with Gasteiger partial charge in [0.15, 0.2) is 0 Å². The van der Waals surface area contributed by atoms with Crippen LogP contribution in [0.15, 0.2) is 12.4 Å². The summed E-state index contributed by atoms with van der Waals surface area (Å²) in [6.45, 7) is 5.90. The maximum absolute atomic E-state index is 11.6. The van der Waals surface area contributed by atoms with Gasteiger partial charge >= 0.3 is 5.97 Å². The second kappa shape index (κ2) is 6.74. The topological polar surface area (TPSA) is 75.5 Å². The Labute approximate surface area is 125 Å². The summed E-state index contributed by atoms with van der Waals surface area (Å²) in [7, 11) is 0. The van der Waals surface area contributed by atoms with Crippen molar-refractivity contribution in [1.29, 1.82) is 0 Å². The number of carboxylic acids is 1. The number of ether oxygens (including phenoxy) is 1. The zero-order chi connectivity index (χ0) is 15.3. The minimum atomic E-state index is -0.716. The first-order valence-electron chi connectivity index (χ1n) is 7.54. The number of nitrogens with zero attached hydrogens (tertiary/aromatic N) is 3. The molecule has 0 saturated carbocycles. The molecule has 1 fully saturated rings. The Bertz CT molecular complexity index is 495. The zero-order valence-corrected chi connectivity index (χ0v) is 12.7. The molecule has 2 rings (SSSR count). The number of carboxylic acid groups (broad SMARTS) is 1. The van der Waals surface area contributed by atoms with E-state index in [1.165, 1.54) is 6.33 Å². The maximum Gasteiger partial charge on any atom is 0.311 e. The van der Waals surface area contributed by atoms with Gasteiger partial charge in [0.2, 0.25) is 5.88 Å². The zero-order valence-electron chi connectivity index (χ0n) is 12.7. The van der Waals surface area contributed by atoms with Crippen LogP contribution in [0.1, 0.15) is 39.5 Å². The third-order valence-corrected chi connectivity index (χ3v) is 4.11. The molecule has 6 nitrogen and oxygen atoms in total. The van der Waals surface area contributed by atoms with E-state index < -0.39 is 11.4 Å². The lowest BCUT2D eigenvalue weighted by atomic mass is 9.77. The highest BCUT2D eigenvalue weighted by Crippen LogP contribution is 2.35. The Morgan fingerprint density at radius 1 is 1.48 bits per heavy atom. The number of rotatable bonds is 6. The van der Waals surface area contributed by atoms with E-state index in [2.05, 4.69) is 9.97 Å². The van der Waals surface area contributed by atoms with Crippen molar-refractivity contribution in [2.75, 3.05) is 24.6 Å². The summed E-state index contributed by atoms with van der Waals surface area (Å²) in [5.41, 5.74) is -0.673. The van der Waals surface area contributed by atoms with Gasteiger partial charge in [-0.15, -0.1) is 0 Å². The first kappa shape index (κ1) is 15.5. The van der Waals surface area contributed by atoms with Crippen LogP contribution >= 0.6 is 0 Å². The SMILES string of the molecule is CCCOc1cc(N2CCCC(CC)(C(=O)O)C2)ncn1. The molecule has 1 aromatic rings. The van der Waals surface area contributed by atoms with Gasteiger partial charge in [-0.1, -0.05) is 13.8 Å². The summed E-state index contributed by atoms with van der Waals surface area (Å²) in [5, 5.41) is 9.54. The van der Waals surface area contributed by atoms with Crippen molar-refractivity contribution in [2.45, 2.75) is 39.5 Å². The first-order valence-corrected chi connectivity index (χ1v) is 7.54. The van der Waals surface area contributed by atoms with Crippen LogP contribution in [0.25, 0.3) is 0 Å². The monoisotopic (exact) mass is 293 g/mol. The van der Waals surface area contributed by atoms with Crippen molar-refractivity contribution in [3.8, 4) is 5.88 Å². The van der Waals surface area contributed by atoms with E-state index in [-0.39, 0.29) is 0 Å². The summed E-state index contributed by atoms with van der Waals surface area (Å²) in [6, 6.07) is 1.79. The van der Waals surface area contributed by atoms with Crippen LogP contribution in [0.3, 0.4) is 0 Å². The molecule has 1 aliphatic rings. The van der Waals surface area contributed by atoms with Gasteiger partial charge in [0, 0.05) is 19.2 Å². The molecule has 1 saturated heterocycles. The highest BCUT2D eigenvalue weighted by molar-refractivity contribution is 5.76. The molecule has 0 spiro atoms. The van der Waals surface area contributed by atoms with Crippen LogP contribution in [0.2, 0.25) is 0 Å². The minimum Gasteiger partial charge on any atom is -0.481 e. The summed E-state index contributed by atoms with van der Waals surface area (Å²) in [6.07, 6.45) is 4.60. The second-order valence-corrected chi connectivity index (χ2v) is 5.53. The average Bonchev–Trinajstić information content (AvgIpc) is 2.53. The van der Waals surface area contributed by atoms with Crippen LogP contribution in [0, 0.1) is 5.41 Å². The predicted octanol–water partition coefficient (Wildman–Crippen LogP) is 2.35. The molecule has 2 heterocycles. The molecule has 0 bridgehead atoms. The number of hydrogen-bond donors (Lipinski definition) is 1. The molecular weight excluding hydrogens is 270 g/mol. The second-order valence-electron chi connectivity index (χ2n) is 5.53. The van der Waals surface area contributed by atoms with E-state index in [0.29, 0.717) is 25.5 Å². The lowest BCUT2D eigenvalue weighted by molar-refractivity contribution is -0.149. The van der Waals surface area contributed by atoms with Crippen molar-refractivity contribution < 1.29 is 14.6 Å². The van der Waals surface area contributed by atoms with Gasteiger partial charge in [-0.25, -0.2) is 9.97 Å². The van der Waals surface area contributed by atoms with Gasteiger partial charge < -0.3 is 14.7 Å². The Morgan fingerprint density at radius 3 is 2.95 bits per heavy atom. The number of anilines is 1. The number of carbonyl (C=O) groups is 1. The molecule has 0 amide bonds. The van der Waals surface area contributed by atoms with Crippen LogP contribution < -0.4 is 9.64 Å². The number of hydrogen-bond acceptors (Lipinski definition) is 5. The normalized spacial score (nSPS) is 22.1. The number of piperidine rings is 1. The van der Waals surface area contributed by atoms with E-state index >= 15 is 0 Å². The van der Waals surface area contributed by atoms with Gasteiger partial charge in [0.05, 0.1) is 12.0 Å². The van der Waals surface area contributed by atoms with Gasteiger partial charge in [0.1, 0.15) is 12.1 Å². The minimum absolute atomic E-state index is 0.489. The van der Waals surface area contributed by atoms with Gasteiger partial charge in [-0.05, 0) is 25.7 Å². The molecule has 0 aromatic carbocycles. The fourth-order valence-corrected chi connectivity index (χ4v) is 2.73. The highest BCUT2D eigenvalue weighted by atomic mass is 16.5. The summed E-state index contributed by atoms with van der Waals surface area (Å²) < 4.78 is 5.52. The molecule has 1 aromatic heterocycles. The average molecular weight is 293 g/mol. The van der Waals surface area contributed by atoms with Crippen LogP contribution in [-0.4, -0.2) is 40.7 Å². The molecule has 6 heteroatoms. The lowest BCUT2D eigenvalue weighted by Crippen LogP contribution is -2.47. The fraction of sp³-hybridized carbons (Fsp3) is 0.667. The molecule has 0 aliphatic carbocycles. The summed E-state index contributed by atoms with van der Waals surface area (Å²) >= 11 is 0. The molecule has 1 aliphatic heterocycles.